The molecule has 0 bridgehead atoms. The van der Waals surface area contributed by atoms with Gasteiger partial charge in [0.25, 0.3) is 0 Å². The third kappa shape index (κ3) is 14.7. The molecule has 1 aromatic carbocycles. The predicted octanol–water partition coefficient (Wildman–Crippen LogP) is -4.88. The van der Waals surface area contributed by atoms with Gasteiger partial charge in [-0.15, -0.1) is 0 Å². The molecule has 6 fully saturated rings. The van der Waals surface area contributed by atoms with Gasteiger partial charge in [-0.3, -0.25) is 14.5 Å². The normalized spacial score (nSPS) is 38.1. The van der Waals surface area contributed by atoms with Crippen LogP contribution in [0.15, 0.2) is 18.2 Å². The molecule has 0 aromatic heterocycles. The van der Waals surface area contributed by atoms with Crippen LogP contribution in [-0.4, -0.2) is 256 Å². The summed E-state index contributed by atoms with van der Waals surface area (Å²) in [7, 11) is 0. The van der Waals surface area contributed by atoms with Gasteiger partial charge in [0.15, 0.2) is 18.9 Å². The average Bonchev–Trinajstić information content (AvgIpc) is 3.93. The molecule has 0 radical (unpaired) electrons. The number of aliphatic hydroxyl groups excluding tert-OH is 7. The van der Waals surface area contributed by atoms with Gasteiger partial charge < -0.3 is 113 Å². The molecule has 0 spiro atoms. The second-order valence-corrected chi connectivity index (χ2v) is 22.3. The van der Waals surface area contributed by atoms with Gasteiger partial charge in [0.2, 0.25) is 11.8 Å². The molecular formula is C47H78FN9O17S2. The van der Waals surface area contributed by atoms with Crippen LogP contribution in [0.5, 0.6) is 0 Å². The smallest absolute Gasteiger partial charge is 0.414 e. The molecule has 18 N–H and O–H groups in total. The average molecular weight is 1120 g/mol. The van der Waals surface area contributed by atoms with Crippen LogP contribution in [0.4, 0.5) is 20.6 Å². The number of nitrogens with one attached hydrogen (secondary N) is 1. The number of anilines is 2. The van der Waals surface area contributed by atoms with Gasteiger partial charge >= 0.3 is 6.09 Å². The summed E-state index contributed by atoms with van der Waals surface area (Å²) in [5.41, 5.74) is 31.2. The van der Waals surface area contributed by atoms with Gasteiger partial charge in [0.05, 0.1) is 48.5 Å². The van der Waals surface area contributed by atoms with Crippen molar-refractivity contribution in [2.24, 2.45) is 28.7 Å². The first kappa shape index (κ1) is 60.8. The summed E-state index contributed by atoms with van der Waals surface area (Å²) >= 11 is 3.06. The highest BCUT2D eigenvalue weighted by molar-refractivity contribution is 8.00. The largest absolute Gasteiger partial charge is 0.442 e. The van der Waals surface area contributed by atoms with E-state index in [1.54, 1.807) is 28.8 Å². The molecule has 20 atom stereocenters. The molecule has 1 aromatic rings. The Morgan fingerprint density at radius 3 is 1.99 bits per heavy atom. The fourth-order valence-corrected chi connectivity index (χ4v) is 12.1. The number of halogens is 1. The summed E-state index contributed by atoms with van der Waals surface area (Å²) in [5, 5.41) is 78.6. The highest BCUT2D eigenvalue weighted by atomic mass is 32.2. The first-order valence-electron chi connectivity index (χ1n) is 25.9. The molecule has 432 valence electrons. The number of unbranched alkanes of at least 4 members (excludes halogenated alkanes) is 3. The Balaban J connectivity index is 0.845. The Morgan fingerprint density at radius 2 is 1.33 bits per heavy atom. The van der Waals surface area contributed by atoms with E-state index in [9.17, 15) is 50.1 Å². The highest BCUT2D eigenvalue weighted by Gasteiger charge is 2.55. The minimum absolute atomic E-state index is 0.0159. The summed E-state index contributed by atoms with van der Waals surface area (Å²) in [6.07, 6.45) is -19.7. The number of thioether (sulfide) groups is 2. The third-order valence-corrected chi connectivity index (χ3v) is 16.8. The second-order valence-electron chi connectivity index (χ2n) is 20.1. The van der Waals surface area contributed by atoms with Crippen LogP contribution < -0.4 is 43.8 Å². The zero-order valence-corrected chi connectivity index (χ0v) is 44.1. The fourth-order valence-electron chi connectivity index (χ4n) is 10.1. The summed E-state index contributed by atoms with van der Waals surface area (Å²) in [4.78, 5) is 41.7. The number of amides is 3. The molecule has 6 aliphatic rings. The first-order chi connectivity index (χ1) is 36.3. The number of cyclic esters (lactones) is 1. The molecule has 1 aliphatic carbocycles. The van der Waals surface area contributed by atoms with Crippen LogP contribution in [-0.2, 0) is 42.7 Å². The van der Waals surface area contributed by atoms with Crippen molar-refractivity contribution < 1.29 is 87.7 Å². The SMILES string of the molecule is CC(=O)NC[C@@H]1CN(c2ccc(N3CCN(C(=O)CSCCCCCCSC[C@H]4O[C@@H](O[C@@H]5[C@@H](O)[C@H](N)C[C@H](N)[C@H]5O[C@H]5O[C@H](CN)[C@@H](O)[C@H](O)[C@H]5N)[C@@H](O)[C@H]4O[C@H]4O[C@@H](CN)[C@@H](O)[C@H](O)[C@H]4O)CC3)c(F)c2)C(=O)O1. The van der Waals surface area contributed by atoms with Crippen molar-refractivity contribution in [3.8, 4) is 0 Å². The van der Waals surface area contributed by atoms with Gasteiger partial charge in [0.1, 0.15) is 79.1 Å². The number of benzene rings is 1. The van der Waals surface area contributed by atoms with Gasteiger partial charge in [-0.25, -0.2) is 9.18 Å². The van der Waals surface area contributed by atoms with Crippen molar-refractivity contribution in [2.75, 3.05) is 85.2 Å². The van der Waals surface area contributed by atoms with Crippen LogP contribution in [0.1, 0.15) is 39.0 Å². The lowest BCUT2D eigenvalue weighted by atomic mass is 9.84. The van der Waals surface area contributed by atoms with E-state index in [0.717, 1.165) is 31.4 Å². The Kier molecular flexibility index (Phi) is 22.4. The molecule has 0 unspecified atom stereocenters. The Hall–Kier alpha value is -2.86. The Morgan fingerprint density at radius 1 is 0.724 bits per heavy atom. The summed E-state index contributed by atoms with van der Waals surface area (Å²) in [6.45, 7) is 3.09. The second kappa shape index (κ2) is 28.0. The van der Waals surface area contributed by atoms with Crippen LogP contribution in [0, 0.1) is 5.82 Å². The summed E-state index contributed by atoms with van der Waals surface area (Å²) in [5.74, 6) is 1.32. The number of hydrogen-bond donors (Lipinski definition) is 13. The van der Waals surface area contributed by atoms with E-state index < -0.39 is 134 Å². The van der Waals surface area contributed by atoms with Crippen molar-refractivity contribution in [1.29, 1.82) is 0 Å². The van der Waals surface area contributed by atoms with E-state index >= 15 is 4.39 Å². The summed E-state index contributed by atoms with van der Waals surface area (Å²) < 4.78 is 56.9. The van der Waals surface area contributed by atoms with Crippen LogP contribution >= 0.6 is 23.5 Å². The van der Waals surface area contributed by atoms with E-state index in [1.165, 1.54) is 29.7 Å². The maximum atomic E-state index is 15.4. The zero-order chi connectivity index (χ0) is 55.0. The topological polar surface area (TPSA) is 409 Å². The molecule has 26 nitrogen and oxygen atoms in total. The monoisotopic (exact) mass is 1120 g/mol. The van der Waals surface area contributed by atoms with Gasteiger partial charge in [-0.2, -0.15) is 23.5 Å². The highest BCUT2D eigenvalue weighted by Crippen LogP contribution is 2.36. The van der Waals surface area contributed by atoms with E-state index in [4.69, 9.17) is 61.8 Å². The first-order valence-corrected chi connectivity index (χ1v) is 28.2. The molecule has 5 heterocycles. The van der Waals surface area contributed by atoms with E-state index in [2.05, 4.69) is 5.32 Å². The molecule has 5 aliphatic heterocycles. The lowest BCUT2D eigenvalue weighted by Crippen LogP contribution is -2.68. The quantitative estimate of drug-likeness (QED) is 0.0457. The summed E-state index contributed by atoms with van der Waals surface area (Å²) in [6, 6.07) is 1.53. The van der Waals surface area contributed by atoms with Crippen molar-refractivity contribution in [2.45, 2.75) is 161 Å². The standard InChI is InChI=1S/C47H78FN9O17S2/c1-22(58)54-18-24-19-57(47(67)68-24)23-6-7-28(25(48)14-23)55-8-10-56(11-9-55)32(59)21-76-13-5-3-2-4-12-75-20-31-42(73-45-39(65)38(64)36(62)30(17-50)70-45)40(66)46(71-31)74-43-34(60)26(51)15-27(52)41(43)72-44-33(53)37(63)35(61)29(16-49)69-44/h6-7,14,24,26-27,29-31,33-46,60-66H,2-5,8-13,15-21,49-53H2,1H3,(H,54,58)/t24-,26-,27+,29-,30+,31-,33-,34+,35-,36-,37-,38+,39-,40+,41-,42+,43-,44-,45-,46+/m1/s1. The number of rotatable bonds is 23. The van der Waals surface area contributed by atoms with Crippen LogP contribution in [0.3, 0.4) is 0 Å². The fraction of sp³-hybridized carbons (Fsp3) is 0.809. The third-order valence-electron chi connectivity index (χ3n) is 14.6. The number of ether oxygens (including phenoxy) is 7. The van der Waals surface area contributed by atoms with E-state index in [-0.39, 0.29) is 50.2 Å². The van der Waals surface area contributed by atoms with Gasteiger partial charge in [-0.1, -0.05) is 12.8 Å². The van der Waals surface area contributed by atoms with Crippen molar-refractivity contribution >= 4 is 52.8 Å². The van der Waals surface area contributed by atoms with Crippen molar-refractivity contribution in [3.63, 3.8) is 0 Å². The lowest BCUT2D eigenvalue weighted by molar-refractivity contribution is -0.313. The van der Waals surface area contributed by atoms with Crippen molar-refractivity contribution in [3.05, 3.63) is 24.0 Å². The Bertz CT molecular complexity index is 2050. The molecule has 1 saturated carbocycles. The van der Waals surface area contributed by atoms with Crippen LogP contribution in [0.2, 0.25) is 0 Å². The number of carbonyl (C=O) groups is 3. The van der Waals surface area contributed by atoms with Crippen molar-refractivity contribution in [1.82, 2.24) is 10.2 Å². The van der Waals surface area contributed by atoms with Gasteiger partial charge in [-0.05, 0) is 49.0 Å². The molecule has 7 rings (SSSR count). The van der Waals surface area contributed by atoms with E-state index in [0.29, 0.717) is 49.1 Å². The molecule has 76 heavy (non-hydrogen) atoms. The lowest BCUT2D eigenvalue weighted by Gasteiger charge is -2.47. The minimum Gasteiger partial charge on any atom is -0.442 e. The predicted molar refractivity (Wildman–Crippen MR) is 274 cm³/mol. The number of nitrogens with zero attached hydrogens (tertiary/aromatic N) is 3. The van der Waals surface area contributed by atoms with Gasteiger partial charge in [0, 0.05) is 64.0 Å². The number of piperazine rings is 1. The minimum atomic E-state index is -1.74. The number of carbonyl (C=O) groups excluding carboxylic acids is 3. The zero-order valence-electron chi connectivity index (χ0n) is 42.4. The number of nitrogens with two attached hydrogens (primary N) is 5. The molecule has 3 amide bonds. The molecule has 29 heteroatoms. The number of hydrogen-bond acceptors (Lipinski definition) is 25. The maximum absolute atomic E-state index is 15.4. The van der Waals surface area contributed by atoms with E-state index in [1.807, 2.05) is 4.90 Å². The van der Waals surface area contributed by atoms with Crippen LogP contribution in [0.25, 0.3) is 0 Å². The molecular weight excluding hydrogens is 1050 g/mol. The molecule has 5 saturated heterocycles. The maximum Gasteiger partial charge on any atom is 0.414 e. The Labute approximate surface area is 448 Å². The number of aliphatic hydroxyl groups is 7.